The van der Waals surface area contributed by atoms with Gasteiger partial charge in [-0.25, -0.2) is 4.98 Å². The van der Waals surface area contributed by atoms with Crippen molar-refractivity contribution in [1.82, 2.24) is 25.0 Å². The highest BCUT2D eigenvalue weighted by Gasteiger charge is 2.54. The van der Waals surface area contributed by atoms with Gasteiger partial charge in [-0.2, -0.15) is 0 Å². The molecule has 0 aliphatic carbocycles. The Morgan fingerprint density at radius 1 is 1.20 bits per heavy atom. The molecule has 3 aromatic rings. The summed E-state index contributed by atoms with van der Waals surface area (Å²) in [4.78, 5) is 21.4. The van der Waals surface area contributed by atoms with Crippen molar-refractivity contribution in [3.63, 3.8) is 0 Å². The Labute approximate surface area is 174 Å². The molecule has 1 amide bonds. The Morgan fingerprint density at radius 3 is 2.73 bits per heavy atom. The number of aromatic nitrogens is 3. The van der Waals surface area contributed by atoms with Gasteiger partial charge in [0.05, 0.1) is 11.1 Å². The molecule has 2 aromatic heterocycles. The summed E-state index contributed by atoms with van der Waals surface area (Å²) in [5.74, 6) is 1.72. The third-order valence-corrected chi connectivity index (χ3v) is 6.46. The van der Waals surface area contributed by atoms with E-state index in [2.05, 4.69) is 44.3 Å². The lowest BCUT2D eigenvalue weighted by molar-refractivity contribution is 0.0537. The summed E-state index contributed by atoms with van der Waals surface area (Å²) in [6, 6.07) is 10.5. The van der Waals surface area contributed by atoms with Crippen LogP contribution in [-0.2, 0) is 12.0 Å². The number of likely N-dealkylation sites (tertiary alicyclic amines) is 2. The number of hydrogen-bond donors (Lipinski definition) is 0. The predicted molar refractivity (Wildman–Crippen MR) is 108 cm³/mol. The second kappa shape index (κ2) is 7.36. The van der Waals surface area contributed by atoms with Crippen LogP contribution in [0.1, 0.15) is 40.0 Å². The van der Waals surface area contributed by atoms with Crippen LogP contribution < -0.4 is 0 Å². The smallest absolute Gasteiger partial charge is 0.291 e. The van der Waals surface area contributed by atoms with Crippen molar-refractivity contribution in [3.8, 4) is 0 Å². The molecule has 2 atom stereocenters. The van der Waals surface area contributed by atoms with Gasteiger partial charge in [-0.15, -0.1) is 10.2 Å². The van der Waals surface area contributed by atoms with Gasteiger partial charge in [0, 0.05) is 45.6 Å². The Bertz CT molecular complexity index is 1050. The molecule has 0 radical (unpaired) electrons. The van der Waals surface area contributed by atoms with E-state index < -0.39 is 0 Å². The highest BCUT2D eigenvalue weighted by atomic mass is 16.4. The molecule has 0 spiro atoms. The van der Waals surface area contributed by atoms with Crippen molar-refractivity contribution in [2.45, 2.75) is 32.2 Å². The van der Waals surface area contributed by atoms with Crippen LogP contribution in [0.3, 0.4) is 0 Å². The van der Waals surface area contributed by atoms with E-state index in [0.29, 0.717) is 36.3 Å². The van der Waals surface area contributed by atoms with E-state index in [1.54, 1.807) is 6.92 Å². The summed E-state index contributed by atoms with van der Waals surface area (Å²) in [6.07, 6.45) is 2.11. The first-order chi connectivity index (χ1) is 14.5. The lowest BCUT2D eigenvalue weighted by Crippen LogP contribution is -2.51. The minimum absolute atomic E-state index is 0.0955. The molecular formula is C22H25N5O3. The van der Waals surface area contributed by atoms with Gasteiger partial charge in [-0.1, -0.05) is 30.3 Å². The molecule has 0 N–H and O–H groups in total. The summed E-state index contributed by atoms with van der Waals surface area (Å²) in [6.45, 7) is 7.45. The van der Waals surface area contributed by atoms with Crippen molar-refractivity contribution in [2.75, 3.05) is 26.2 Å². The van der Waals surface area contributed by atoms with Crippen molar-refractivity contribution in [1.29, 1.82) is 0 Å². The summed E-state index contributed by atoms with van der Waals surface area (Å²) < 4.78 is 11.3. The van der Waals surface area contributed by atoms with Gasteiger partial charge in [0.25, 0.3) is 5.91 Å². The zero-order valence-electron chi connectivity index (χ0n) is 17.2. The molecule has 30 heavy (non-hydrogen) atoms. The summed E-state index contributed by atoms with van der Waals surface area (Å²) in [5.41, 5.74) is 1.67. The molecule has 2 aliphatic heterocycles. The van der Waals surface area contributed by atoms with Gasteiger partial charge in [-0.05, 0) is 18.9 Å². The molecule has 8 nitrogen and oxygen atoms in total. The fourth-order valence-corrected chi connectivity index (χ4v) is 4.93. The molecule has 4 heterocycles. The highest BCUT2D eigenvalue weighted by Crippen LogP contribution is 2.45. The van der Waals surface area contributed by atoms with Gasteiger partial charge in [0.1, 0.15) is 0 Å². The maximum Gasteiger partial charge on any atom is 0.291 e. The Hall–Kier alpha value is -3.00. The van der Waals surface area contributed by atoms with E-state index in [4.69, 9.17) is 8.83 Å². The molecular weight excluding hydrogens is 382 g/mol. The number of carbonyl (C=O) groups excluding carboxylic acids is 1. The number of carbonyl (C=O) groups is 1. The Kier molecular flexibility index (Phi) is 4.66. The fourth-order valence-electron chi connectivity index (χ4n) is 4.93. The van der Waals surface area contributed by atoms with Crippen LogP contribution in [0.15, 0.2) is 45.6 Å². The number of benzene rings is 1. The molecule has 1 aromatic carbocycles. The number of amides is 1. The third kappa shape index (κ3) is 3.21. The van der Waals surface area contributed by atoms with Gasteiger partial charge in [0.15, 0.2) is 6.39 Å². The third-order valence-electron chi connectivity index (χ3n) is 6.46. The number of oxazole rings is 1. The van der Waals surface area contributed by atoms with Crippen molar-refractivity contribution >= 4 is 5.91 Å². The zero-order chi connectivity index (χ0) is 20.7. The predicted octanol–water partition coefficient (Wildman–Crippen LogP) is 2.59. The second-order valence-electron chi connectivity index (χ2n) is 8.40. The van der Waals surface area contributed by atoms with Gasteiger partial charge in [-0.3, -0.25) is 9.69 Å². The molecule has 2 saturated heterocycles. The minimum atomic E-state index is -0.233. The van der Waals surface area contributed by atoms with Crippen LogP contribution >= 0.6 is 0 Å². The number of nitrogens with zero attached hydrogens (tertiary/aromatic N) is 5. The van der Waals surface area contributed by atoms with E-state index in [0.717, 1.165) is 26.1 Å². The molecule has 0 bridgehead atoms. The number of aryl methyl sites for hydroxylation is 2. The van der Waals surface area contributed by atoms with Crippen LogP contribution in [0.5, 0.6) is 0 Å². The van der Waals surface area contributed by atoms with Crippen LogP contribution in [0.25, 0.3) is 0 Å². The van der Waals surface area contributed by atoms with Crippen LogP contribution in [0.4, 0.5) is 0 Å². The minimum Gasteiger partial charge on any atom is -0.438 e. The number of hydrogen-bond acceptors (Lipinski definition) is 7. The Morgan fingerprint density at radius 2 is 2.03 bits per heavy atom. The van der Waals surface area contributed by atoms with E-state index in [1.165, 1.54) is 12.0 Å². The van der Waals surface area contributed by atoms with Crippen molar-refractivity contribution < 1.29 is 13.6 Å². The first-order valence-corrected chi connectivity index (χ1v) is 10.3. The quantitative estimate of drug-likeness (QED) is 0.657. The average Bonchev–Trinajstić information content (AvgIpc) is 3.46. The van der Waals surface area contributed by atoms with Gasteiger partial charge < -0.3 is 13.7 Å². The summed E-state index contributed by atoms with van der Waals surface area (Å²) in [7, 11) is 0. The number of piperidine rings is 1. The highest BCUT2D eigenvalue weighted by molar-refractivity contribution is 5.92. The molecule has 2 aliphatic rings. The molecule has 2 fully saturated rings. The lowest BCUT2D eigenvalue weighted by Gasteiger charge is -2.41. The monoisotopic (exact) mass is 407 g/mol. The number of fused-ring (bicyclic) bond motifs is 1. The van der Waals surface area contributed by atoms with E-state index >= 15 is 0 Å². The molecule has 0 saturated carbocycles. The normalized spacial score (nSPS) is 24.2. The topological polar surface area (TPSA) is 88.5 Å². The second-order valence-corrected chi connectivity index (χ2v) is 8.40. The molecule has 0 unspecified atom stereocenters. The van der Waals surface area contributed by atoms with Crippen LogP contribution in [0, 0.1) is 19.8 Å². The van der Waals surface area contributed by atoms with E-state index in [9.17, 15) is 4.79 Å². The lowest BCUT2D eigenvalue weighted by atomic mass is 9.72. The zero-order valence-corrected chi connectivity index (χ0v) is 17.2. The van der Waals surface area contributed by atoms with Crippen LogP contribution in [0.2, 0.25) is 0 Å². The van der Waals surface area contributed by atoms with E-state index in [1.807, 2.05) is 17.9 Å². The molecule has 8 heteroatoms. The Balaban J connectivity index is 1.41. The first kappa shape index (κ1) is 19.0. The van der Waals surface area contributed by atoms with Crippen molar-refractivity contribution in [2.24, 2.45) is 5.92 Å². The fraction of sp³-hybridized carbons (Fsp3) is 0.455. The average molecular weight is 407 g/mol. The summed E-state index contributed by atoms with van der Waals surface area (Å²) in [5, 5.41) is 8.50. The summed E-state index contributed by atoms with van der Waals surface area (Å²) >= 11 is 0. The maximum absolute atomic E-state index is 13.0. The molecule has 5 rings (SSSR count). The maximum atomic E-state index is 13.0. The largest absolute Gasteiger partial charge is 0.438 e. The SMILES string of the molecule is Cc1nnc([C@]23CCN(C(=O)c4ocnc4C)C[C@H]2CN(Cc2ccccc2)C3)o1. The van der Waals surface area contributed by atoms with Gasteiger partial charge >= 0.3 is 0 Å². The standard InChI is InChI=1S/C22H25N5O3/c1-15-19(29-14-23-15)20(28)27-9-8-22(21-25-24-16(2)30-21)13-26(11-18(22)12-27)10-17-6-4-3-5-7-17/h3-7,14,18H,8-13H2,1-2H3/t18-,22+/m1/s1. The number of rotatable bonds is 4. The van der Waals surface area contributed by atoms with E-state index in [-0.39, 0.29) is 17.2 Å². The van der Waals surface area contributed by atoms with Gasteiger partial charge in [0.2, 0.25) is 17.5 Å². The molecule has 156 valence electrons. The first-order valence-electron chi connectivity index (χ1n) is 10.3. The van der Waals surface area contributed by atoms with Crippen molar-refractivity contribution in [3.05, 3.63) is 65.5 Å². The van der Waals surface area contributed by atoms with Crippen LogP contribution in [-0.4, -0.2) is 57.1 Å².